The highest BCUT2D eigenvalue weighted by Crippen LogP contribution is 2.35. The summed E-state index contributed by atoms with van der Waals surface area (Å²) in [4.78, 5) is 10.8. The van der Waals surface area contributed by atoms with Crippen molar-refractivity contribution in [3.8, 4) is 0 Å². The maximum absolute atomic E-state index is 12.6. The number of alkyl halides is 5. The molecule has 7 heteroatoms. The van der Waals surface area contributed by atoms with Crippen molar-refractivity contribution in [3.63, 3.8) is 0 Å². The van der Waals surface area contributed by atoms with Crippen LogP contribution in [0.25, 0.3) is 0 Å². The third kappa shape index (κ3) is 4.47. The van der Waals surface area contributed by atoms with Gasteiger partial charge in [0.15, 0.2) is 0 Å². The maximum atomic E-state index is 12.6. The van der Waals surface area contributed by atoms with E-state index >= 15 is 0 Å². The minimum atomic E-state index is -5.85. The molecule has 17 heavy (non-hydrogen) atoms. The van der Waals surface area contributed by atoms with Gasteiger partial charge in [0, 0.05) is 6.04 Å². The van der Waals surface area contributed by atoms with Gasteiger partial charge in [-0.3, -0.25) is 4.79 Å². The van der Waals surface area contributed by atoms with Crippen LogP contribution in [-0.4, -0.2) is 24.0 Å². The quantitative estimate of drug-likeness (QED) is 0.757. The van der Waals surface area contributed by atoms with Crippen LogP contribution in [-0.2, 0) is 4.79 Å². The van der Waals surface area contributed by atoms with Gasteiger partial charge in [-0.1, -0.05) is 20.3 Å². The van der Waals surface area contributed by atoms with Crippen LogP contribution in [0.15, 0.2) is 0 Å². The standard InChI is InChI=1S/C10H16F5NO/c1-4-6(2)5-7(3)16-8(17)9(11,12)10(13,14)15/h6-7H,4-5H2,1-3H3,(H,16,17). The Morgan fingerprint density at radius 2 is 1.65 bits per heavy atom. The van der Waals surface area contributed by atoms with Crippen molar-refractivity contribution in [2.24, 2.45) is 5.92 Å². The lowest BCUT2D eigenvalue weighted by atomic mass is 10.0. The molecule has 1 amide bonds. The second-order valence-corrected chi connectivity index (χ2v) is 4.20. The van der Waals surface area contributed by atoms with Gasteiger partial charge in [0.25, 0.3) is 0 Å². The molecule has 0 saturated heterocycles. The van der Waals surface area contributed by atoms with E-state index in [0.717, 1.165) is 6.42 Å². The Labute approximate surface area is 96.6 Å². The summed E-state index contributed by atoms with van der Waals surface area (Å²) < 4.78 is 60.7. The fraction of sp³-hybridized carbons (Fsp3) is 0.900. The largest absolute Gasteiger partial charge is 0.463 e. The number of rotatable bonds is 5. The summed E-state index contributed by atoms with van der Waals surface area (Å²) >= 11 is 0. The minimum absolute atomic E-state index is 0.143. The fourth-order valence-electron chi connectivity index (χ4n) is 1.27. The maximum Gasteiger partial charge on any atom is 0.463 e. The number of carbonyl (C=O) groups is 1. The van der Waals surface area contributed by atoms with E-state index in [4.69, 9.17) is 0 Å². The summed E-state index contributed by atoms with van der Waals surface area (Å²) in [6.07, 6.45) is -4.74. The van der Waals surface area contributed by atoms with Crippen molar-refractivity contribution in [2.45, 2.75) is 51.8 Å². The van der Waals surface area contributed by atoms with Crippen molar-refractivity contribution in [3.05, 3.63) is 0 Å². The topological polar surface area (TPSA) is 29.1 Å². The van der Waals surface area contributed by atoms with Gasteiger partial charge in [-0.25, -0.2) is 0 Å². The van der Waals surface area contributed by atoms with Crippen LogP contribution in [0.4, 0.5) is 22.0 Å². The Hall–Kier alpha value is -0.880. The highest BCUT2D eigenvalue weighted by Gasteiger charge is 2.63. The van der Waals surface area contributed by atoms with Crippen LogP contribution >= 0.6 is 0 Å². The van der Waals surface area contributed by atoms with Crippen molar-refractivity contribution >= 4 is 5.91 Å². The van der Waals surface area contributed by atoms with Gasteiger partial charge in [-0.15, -0.1) is 0 Å². The SMILES string of the molecule is CCC(C)CC(C)NC(=O)C(F)(F)C(F)(F)F. The van der Waals surface area contributed by atoms with Crippen LogP contribution in [0.5, 0.6) is 0 Å². The van der Waals surface area contributed by atoms with E-state index in [9.17, 15) is 26.7 Å². The lowest BCUT2D eigenvalue weighted by Gasteiger charge is -2.22. The second-order valence-electron chi connectivity index (χ2n) is 4.20. The molecule has 2 nitrogen and oxygen atoms in total. The van der Waals surface area contributed by atoms with E-state index in [2.05, 4.69) is 0 Å². The zero-order valence-corrected chi connectivity index (χ0v) is 9.87. The molecule has 2 atom stereocenters. The summed E-state index contributed by atoms with van der Waals surface area (Å²) in [5.74, 6) is -7.48. The van der Waals surface area contributed by atoms with E-state index in [0.29, 0.717) is 6.42 Å². The molecule has 0 aromatic rings. The van der Waals surface area contributed by atoms with Gasteiger partial charge in [0.05, 0.1) is 0 Å². The van der Waals surface area contributed by atoms with Gasteiger partial charge in [-0.2, -0.15) is 22.0 Å². The van der Waals surface area contributed by atoms with Crippen LogP contribution < -0.4 is 5.32 Å². The molecule has 0 aliphatic rings. The first-order chi connectivity index (χ1) is 7.52. The second kappa shape index (κ2) is 5.64. The Morgan fingerprint density at radius 3 is 2.00 bits per heavy atom. The summed E-state index contributed by atoms with van der Waals surface area (Å²) in [5.41, 5.74) is 0. The molecule has 0 radical (unpaired) electrons. The van der Waals surface area contributed by atoms with E-state index < -0.39 is 24.0 Å². The van der Waals surface area contributed by atoms with Crippen molar-refractivity contribution < 1.29 is 26.7 Å². The molecule has 0 heterocycles. The van der Waals surface area contributed by atoms with Crippen LogP contribution in [0, 0.1) is 5.92 Å². The summed E-state index contributed by atoms with van der Waals surface area (Å²) in [5, 5.41) is 1.68. The molecule has 0 saturated carbocycles. The van der Waals surface area contributed by atoms with Crippen molar-refractivity contribution in [1.29, 1.82) is 0 Å². The van der Waals surface area contributed by atoms with Gasteiger partial charge in [0.2, 0.25) is 0 Å². The third-order valence-corrected chi connectivity index (χ3v) is 2.47. The summed E-state index contributed by atoms with van der Waals surface area (Å²) in [7, 11) is 0. The monoisotopic (exact) mass is 261 g/mol. The highest BCUT2D eigenvalue weighted by atomic mass is 19.4. The van der Waals surface area contributed by atoms with E-state index in [1.807, 2.05) is 13.8 Å². The molecular formula is C10H16F5NO. The Bertz CT molecular complexity index is 264. The van der Waals surface area contributed by atoms with Crippen molar-refractivity contribution in [2.75, 3.05) is 0 Å². The minimum Gasteiger partial charge on any atom is -0.348 e. The molecule has 102 valence electrons. The average Bonchev–Trinajstić information content (AvgIpc) is 2.15. The molecule has 0 aliphatic carbocycles. The number of nitrogens with one attached hydrogen (secondary N) is 1. The molecular weight excluding hydrogens is 245 g/mol. The van der Waals surface area contributed by atoms with Crippen LogP contribution in [0.2, 0.25) is 0 Å². The first kappa shape index (κ1) is 16.1. The molecule has 2 unspecified atom stereocenters. The highest BCUT2D eigenvalue weighted by molar-refractivity contribution is 5.84. The van der Waals surface area contributed by atoms with Crippen LogP contribution in [0.3, 0.4) is 0 Å². The Morgan fingerprint density at radius 1 is 1.18 bits per heavy atom. The number of amides is 1. The van der Waals surface area contributed by atoms with E-state index in [1.165, 1.54) is 6.92 Å². The molecule has 0 aromatic heterocycles. The molecule has 0 bridgehead atoms. The first-order valence-electron chi connectivity index (χ1n) is 5.27. The third-order valence-electron chi connectivity index (χ3n) is 2.47. The van der Waals surface area contributed by atoms with E-state index in [1.54, 1.807) is 5.32 Å². The normalized spacial score (nSPS) is 16.5. The zero-order valence-electron chi connectivity index (χ0n) is 9.87. The Kier molecular flexibility index (Phi) is 5.35. The number of hydrogen-bond acceptors (Lipinski definition) is 1. The lowest BCUT2D eigenvalue weighted by molar-refractivity contribution is -0.270. The number of carbonyl (C=O) groups excluding carboxylic acids is 1. The van der Waals surface area contributed by atoms with Gasteiger partial charge in [-0.05, 0) is 19.3 Å². The van der Waals surface area contributed by atoms with Gasteiger partial charge in [0.1, 0.15) is 0 Å². The summed E-state index contributed by atoms with van der Waals surface area (Å²) in [6.45, 7) is 5.09. The predicted molar refractivity (Wildman–Crippen MR) is 52.7 cm³/mol. The zero-order chi connectivity index (χ0) is 13.9. The molecule has 0 rings (SSSR count). The van der Waals surface area contributed by atoms with Gasteiger partial charge >= 0.3 is 18.0 Å². The first-order valence-corrected chi connectivity index (χ1v) is 5.27. The van der Waals surface area contributed by atoms with E-state index in [-0.39, 0.29) is 5.92 Å². The molecule has 0 spiro atoms. The summed E-state index contributed by atoms with van der Waals surface area (Å²) in [6, 6.07) is -0.717. The van der Waals surface area contributed by atoms with Crippen molar-refractivity contribution in [1.82, 2.24) is 5.32 Å². The molecule has 0 fully saturated rings. The number of halogens is 5. The lowest BCUT2D eigenvalue weighted by Crippen LogP contribution is -2.52. The van der Waals surface area contributed by atoms with Gasteiger partial charge < -0.3 is 5.32 Å². The smallest absolute Gasteiger partial charge is 0.348 e. The molecule has 0 aliphatic heterocycles. The fourth-order valence-corrected chi connectivity index (χ4v) is 1.27. The Balaban J connectivity index is 4.45. The van der Waals surface area contributed by atoms with Crippen LogP contribution in [0.1, 0.15) is 33.6 Å². The molecule has 1 N–H and O–H groups in total. The average molecular weight is 261 g/mol. The number of hydrogen-bond donors (Lipinski definition) is 1. The molecule has 0 aromatic carbocycles. The predicted octanol–water partition coefficient (Wildman–Crippen LogP) is 3.12.